The van der Waals surface area contributed by atoms with E-state index >= 15 is 0 Å². The van der Waals surface area contributed by atoms with E-state index in [0.29, 0.717) is 23.7 Å². The van der Waals surface area contributed by atoms with Crippen molar-refractivity contribution in [2.45, 2.75) is 9.79 Å². The van der Waals surface area contributed by atoms with Gasteiger partial charge in [0.15, 0.2) is 0 Å². The summed E-state index contributed by atoms with van der Waals surface area (Å²) in [5.74, 6) is 0.677. The van der Waals surface area contributed by atoms with Crippen LogP contribution in [0.3, 0.4) is 0 Å². The van der Waals surface area contributed by atoms with Crippen LogP contribution in [0.4, 0.5) is 11.5 Å². The molecule has 0 amide bonds. The van der Waals surface area contributed by atoms with E-state index in [9.17, 15) is 10.1 Å². The van der Waals surface area contributed by atoms with Gasteiger partial charge >= 0.3 is 0 Å². The lowest BCUT2D eigenvalue weighted by Gasteiger charge is -2.31. The predicted octanol–water partition coefficient (Wildman–Crippen LogP) is 2.97. The van der Waals surface area contributed by atoms with Crippen molar-refractivity contribution < 1.29 is 9.53 Å². The van der Waals surface area contributed by atoms with E-state index in [1.54, 1.807) is 31.5 Å². The van der Waals surface area contributed by atoms with E-state index in [0.717, 1.165) is 21.8 Å². The standard InChI is InChI=1S/C15H11N3O2S/c1-20-9-18-12-6-10(8-19)2-3-13(12)21-14-11(7-16)4-5-17-15(14)18/h2-6,8H,9H2,1H3. The van der Waals surface area contributed by atoms with Crippen molar-refractivity contribution in [2.24, 2.45) is 0 Å². The molecule has 21 heavy (non-hydrogen) atoms. The van der Waals surface area contributed by atoms with Crippen molar-refractivity contribution in [3.8, 4) is 6.07 Å². The van der Waals surface area contributed by atoms with Gasteiger partial charge in [0.25, 0.3) is 0 Å². The zero-order chi connectivity index (χ0) is 14.8. The highest BCUT2D eigenvalue weighted by atomic mass is 32.2. The van der Waals surface area contributed by atoms with Crippen molar-refractivity contribution in [1.82, 2.24) is 4.98 Å². The Hall–Kier alpha value is -2.36. The molecule has 0 spiro atoms. The molecule has 1 aromatic carbocycles. The van der Waals surface area contributed by atoms with Crippen molar-refractivity contribution in [1.29, 1.82) is 5.26 Å². The van der Waals surface area contributed by atoms with E-state index in [1.807, 2.05) is 11.0 Å². The third kappa shape index (κ3) is 2.27. The lowest BCUT2D eigenvalue weighted by atomic mass is 10.2. The van der Waals surface area contributed by atoms with E-state index in [-0.39, 0.29) is 0 Å². The first-order valence-electron chi connectivity index (χ1n) is 6.21. The fraction of sp³-hybridized carbons (Fsp3) is 0.133. The smallest absolute Gasteiger partial charge is 0.150 e. The highest BCUT2D eigenvalue weighted by molar-refractivity contribution is 7.99. The maximum absolute atomic E-state index is 11.0. The summed E-state index contributed by atoms with van der Waals surface area (Å²) in [6.45, 7) is 0.296. The molecule has 5 nitrogen and oxygen atoms in total. The lowest BCUT2D eigenvalue weighted by Crippen LogP contribution is -2.24. The number of hydrogen-bond donors (Lipinski definition) is 0. The number of pyridine rings is 1. The second kappa shape index (κ2) is 5.56. The number of fused-ring (bicyclic) bond motifs is 2. The summed E-state index contributed by atoms with van der Waals surface area (Å²) in [5, 5.41) is 9.25. The molecule has 0 saturated carbocycles. The first kappa shape index (κ1) is 13.6. The zero-order valence-electron chi connectivity index (χ0n) is 11.2. The van der Waals surface area contributed by atoms with Crippen molar-refractivity contribution >= 4 is 29.6 Å². The third-order valence-electron chi connectivity index (χ3n) is 3.14. The fourth-order valence-corrected chi connectivity index (χ4v) is 3.31. The number of nitriles is 1. The molecule has 0 N–H and O–H groups in total. The predicted molar refractivity (Wildman–Crippen MR) is 78.9 cm³/mol. The number of anilines is 2. The normalized spacial score (nSPS) is 12.3. The van der Waals surface area contributed by atoms with Gasteiger partial charge in [-0.1, -0.05) is 17.8 Å². The van der Waals surface area contributed by atoms with Gasteiger partial charge in [0.2, 0.25) is 0 Å². The molecule has 1 aromatic heterocycles. The summed E-state index contributed by atoms with van der Waals surface area (Å²) < 4.78 is 5.25. The lowest BCUT2D eigenvalue weighted by molar-refractivity contribution is 0.112. The van der Waals surface area contributed by atoms with Crippen LogP contribution in [0.5, 0.6) is 0 Å². The molecular formula is C15H11N3O2S. The second-order valence-electron chi connectivity index (χ2n) is 4.42. The molecule has 2 aromatic rings. The van der Waals surface area contributed by atoms with Gasteiger partial charge in [-0.2, -0.15) is 5.26 Å². The maximum atomic E-state index is 11.0. The molecule has 0 radical (unpaired) electrons. The molecular weight excluding hydrogens is 286 g/mol. The average Bonchev–Trinajstić information content (AvgIpc) is 2.54. The van der Waals surface area contributed by atoms with Crippen LogP contribution in [-0.2, 0) is 4.74 Å². The van der Waals surface area contributed by atoms with Crippen LogP contribution in [0.1, 0.15) is 15.9 Å². The van der Waals surface area contributed by atoms with E-state index < -0.39 is 0 Å². The highest BCUT2D eigenvalue weighted by Gasteiger charge is 2.26. The molecule has 0 saturated heterocycles. The summed E-state index contributed by atoms with van der Waals surface area (Å²) in [6, 6.07) is 9.33. The highest BCUT2D eigenvalue weighted by Crippen LogP contribution is 2.48. The zero-order valence-corrected chi connectivity index (χ0v) is 12.1. The Labute approximate surface area is 126 Å². The maximum Gasteiger partial charge on any atom is 0.150 e. The van der Waals surface area contributed by atoms with Crippen LogP contribution < -0.4 is 4.90 Å². The summed E-state index contributed by atoms with van der Waals surface area (Å²) in [6.07, 6.45) is 2.42. The van der Waals surface area contributed by atoms with Crippen LogP contribution in [0.15, 0.2) is 40.3 Å². The number of nitrogens with zero attached hydrogens (tertiary/aromatic N) is 3. The number of ether oxygens (including phenoxy) is 1. The van der Waals surface area contributed by atoms with Crippen LogP contribution in [0.25, 0.3) is 0 Å². The van der Waals surface area contributed by atoms with Gasteiger partial charge < -0.3 is 9.64 Å². The number of benzene rings is 1. The van der Waals surface area contributed by atoms with Gasteiger partial charge in [-0.3, -0.25) is 4.79 Å². The number of carbonyl (C=O) groups excluding carboxylic acids is 1. The van der Waals surface area contributed by atoms with Crippen LogP contribution >= 0.6 is 11.8 Å². The Morgan fingerprint density at radius 1 is 1.48 bits per heavy atom. The SMILES string of the molecule is COCN1c2cc(C=O)ccc2Sc2c(C#N)ccnc21. The minimum Gasteiger partial charge on any atom is -0.364 e. The Morgan fingerprint density at radius 2 is 2.33 bits per heavy atom. The van der Waals surface area contributed by atoms with Gasteiger partial charge in [-0.15, -0.1) is 0 Å². The van der Waals surface area contributed by atoms with Gasteiger partial charge in [0, 0.05) is 23.8 Å². The number of aromatic nitrogens is 1. The van der Waals surface area contributed by atoms with Crippen molar-refractivity contribution in [2.75, 3.05) is 18.7 Å². The van der Waals surface area contributed by atoms with E-state index in [1.165, 1.54) is 11.8 Å². The molecule has 104 valence electrons. The number of rotatable bonds is 3. The average molecular weight is 297 g/mol. The number of carbonyl (C=O) groups is 1. The summed E-state index contributed by atoms with van der Waals surface area (Å²) in [7, 11) is 1.60. The molecule has 1 aliphatic rings. The molecule has 0 fully saturated rings. The molecule has 0 aliphatic carbocycles. The Bertz CT molecular complexity index is 755. The summed E-state index contributed by atoms with van der Waals surface area (Å²) >= 11 is 1.48. The Morgan fingerprint density at radius 3 is 3.05 bits per heavy atom. The monoisotopic (exact) mass is 297 g/mol. The van der Waals surface area contributed by atoms with Crippen molar-refractivity contribution in [3.63, 3.8) is 0 Å². The molecule has 0 atom stereocenters. The number of hydrogen-bond acceptors (Lipinski definition) is 6. The first-order valence-corrected chi connectivity index (χ1v) is 7.02. The molecule has 3 rings (SSSR count). The quantitative estimate of drug-likeness (QED) is 0.811. The van der Waals surface area contributed by atoms with Crippen LogP contribution in [0.2, 0.25) is 0 Å². The van der Waals surface area contributed by atoms with E-state index in [4.69, 9.17) is 4.74 Å². The van der Waals surface area contributed by atoms with Gasteiger partial charge in [-0.25, -0.2) is 4.98 Å². The Balaban J connectivity index is 2.20. The molecule has 2 heterocycles. The topological polar surface area (TPSA) is 66.2 Å². The van der Waals surface area contributed by atoms with Crippen LogP contribution in [0, 0.1) is 11.3 Å². The minimum atomic E-state index is 0.296. The number of aldehydes is 1. The van der Waals surface area contributed by atoms with Gasteiger partial charge in [-0.05, 0) is 18.2 Å². The molecule has 6 heteroatoms. The summed E-state index contributed by atoms with van der Waals surface area (Å²) in [4.78, 5) is 19.0. The first-order chi connectivity index (χ1) is 10.3. The molecule has 1 aliphatic heterocycles. The fourth-order valence-electron chi connectivity index (χ4n) is 2.21. The third-order valence-corrected chi connectivity index (χ3v) is 4.31. The van der Waals surface area contributed by atoms with Crippen LogP contribution in [-0.4, -0.2) is 25.1 Å². The summed E-state index contributed by atoms with van der Waals surface area (Å²) in [5.41, 5.74) is 2.04. The van der Waals surface area contributed by atoms with Gasteiger partial charge in [0.05, 0.1) is 16.1 Å². The van der Waals surface area contributed by atoms with E-state index in [2.05, 4.69) is 11.1 Å². The minimum absolute atomic E-state index is 0.296. The van der Waals surface area contributed by atoms with Gasteiger partial charge in [0.1, 0.15) is 24.9 Å². The number of methoxy groups -OCH3 is 1. The largest absolute Gasteiger partial charge is 0.364 e. The van der Waals surface area contributed by atoms with Crippen molar-refractivity contribution in [3.05, 3.63) is 41.6 Å². The second-order valence-corrected chi connectivity index (χ2v) is 5.47. The molecule has 0 bridgehead atoms. The molecule has 0 unspecified atom stereocenters. The Kier molecular flexibility index (Phi) is 3.60.